The van der Waals surface area contributed by atoms with E-state index in [4.69, 9.17) is 0 Å². The van der Waals surface area contributed by atoms with Crippen LogP contribution in [0.1, 0.15) is 5.56 Å². The van der Waals surface area contributed by atoms with Crippen LogP contribution in [0.25, 0.3) is 0 Å². The zero-order valence-electron chi connectivity index (χ0n) is 11.3. The average Bonchev–Trinajstić information content (AvgIpc) is 2.48. The maximum atomic E-state index is 12.4. The molecule has 1 aliphatic rings. The zero-order chi connectivity index (χ0) is 15.5. The highest BCUT2D eigenvalue weighted by atomic mass is 32.2. The maximum absolute atomic E-state index is 12.4. The van der Waals surface area contributed by atoms with Crippen LogP contribution in [0.3, 0.4) is 0 Å². The third-order valence-corrected chi connectivity index (χ3v) is 4.71. The molecule has 0 aromatic heterocycles. The monoisotopic (exact) mass is 318 g/mol. The molecule has 0 spiro atoms. The summed E-state index contributed by atoms with van der Waals surface area (Å²) >= 11 is 0. The molecule has 5 nitrogen and oxygen atoms in total. The SMILES string of the molecule is O=C(Cc1ccc(S(=O)(=O)C(F)F)cc1)N1CCNCC1. The second kappa shape index (κ2) is 6.48. The number of hydrogen-bond acceptors (Lipinski definition) is 4. The van der Waals surface area contributed by atoms with Gasteiger partial charge >= 0.3 is 5.76 Å². The van der Waals surface area contributed by atoms with Gasteiger partial charge in [0.05, 0.1) is 11.3 Å². The molecular weight excluding hydrogens is 302 g/mol. The van der Waals surface area contributed by atoms with Gasteiger partial charge in [-0.2, -0.15) is 8.78 Å². The van der Waals surface area contributed by atoms with Gasteiger partial charge in [-0.05, 0) is 17.7 Å². The molecule has 1 heterocycles. The summed E-state index contributed by atoms with van der Waals surface area (Å²) < 4.78 is 47.4. The average molecular weight is 318 g/mol. The molecule has 116 valence electrons. The van der Waals surface area contributed by atoms with Crippen molar-refractivity contribution in [2.45, 2.75) is 17.1 Å². The fraction of sp³-hybridized carbons (Fsp3) is 0.462. The van der Waals surface area contributed by atoms with Gasteiger partial charge in [0, 0.05) is 26.2 Å². The number of halogens is 2. The van der Waals surface area contributed by atoms with Crippen molar-refractivity contribution < 1.29 is 22.0 Å². The van der Waals surface area contributed by atoms with Crippen LogP contribution in [0.4, 0.5) is 8.78 Å². The Kier molecular flexibility index (Phi) is 4.89. The van der Waals surface area contributed by atoms with E-state index in [-0.39, 0.29) is 12.3 Å². The van der Waals surface area contributed by atoms with Crippen LogP contribution in [0, 0.1) is 0 Å². The van der Waals surface area contributed by atoms with Crippen molar-refractivity contribution in [3.8, 4) is 0 Å². The number of carbonyl (C=O) groups excluding carboxylic acids is 1. The van der Waals surface area contributed by atoms with E-state index in [1.807, 2.05) is 0 Å². The Labute approximate surface area is 121 Å². The lowest BCUT2D eigenvalue weighted by molar-refractivity contribution is -0.131. The van der Waals surface area contributed by atoms with Gasteiger partial charge in [0.1, 0.15) is 0 Å². The van der Waals surface area contributed by atoms with E-state index in [2.05, 4.69) is 5.32 Å². The third-order valence-electron chi connectivity index (χ3n) is 3.31. The lowest BCUT2D eigenvalue weighted by Gasteiger charge is -2.27. The predicted molar refractivity (Wildman–Crippen MR) is 72.8 cm³/mol. The molecular formula is C13H16F2N2O3S. The van der Waals surface area contributed by atoms with Crippen LogP contribution in [0.15, 0.2) is 29.2 Å². The molecule has 1 aromatic carbocycles. The second-order valence-electron chi connectivity index (χ2n) is 4.76. The van der Waals surface area contributed by atoms with Crippen molar-refractivity contribution in [1.82, 2.24) is 10.2 Å². The van der Waals surface area contributed by atoms with Crippen molar-refractivity contribution >= 4 is 15.7 Å². The van der Waals surface area contributed by atoms with Crippen LogP contribution in [0.5, 0.6) is 0 Å². The van der Waals surface area contributed by atoms with Gasteiger partial charge < -0.3 is 10.2 Å². The number of nitrogens with one attached hydrogen (secondary N) is 1. The van der Waals surface area contributed by atoms with E-state index in [1.54, 1.807) is 4.90 Å². The standard InChI is InChI=1S/C13H16F2N2O3S/c14-13(15)21(19,20)11-3-1-10(2-4-11)9-12(18)17-7-5-16-6-8-17/h1-4,13,16H,5-9H2. The van der Waals surface area contributed by atoms with Gasteiger partial charge in [-0.1, -0.05) is 12.1 Å². The molecule has 21 heavy (non-hydrogen) atoms. The first-order valence-electron chi connectivity index (χ1n) is 6.51. The van der Waals surface area contributed by atoms with Crippen molar-refractivity contribution in [1.29, 1.82) is 0 Å². The summed E-state index contributed by atoms with van der Waals surface area (Å²) in [6.07, 6.45) is 0.134. The molecule has 2 rings (SSSR count). The Morgan fingerprint density at radius 3 is 2.29 bits per heavy atom. The van der Waals surface area contributed by atoms with Crippen molar-refractivity contribution in [2.24, 2.45) is 0 Å². The number of sulfone groups is 1. The first-order chi connectivity index (χ1) is 9.91. The van der Waals surface area contributed by atoms with Gasteiger partial charge in [-0.25, -0.2) is 8.42 Å². The predicted octanol–water partition coefficient (Wildman–Crippen LogP) is 0.657. The number of benzene rings is 1. The smallest absolute Gasteiger partial charge is 0.340 e. The van der Waals surface area contributed by atoms with E-state index in [9.17, 15) is 22.0 Å². The van der Waals surface area contributed by atoms with Crippen molar-refractivity contribution in [3.05, 3.63) is 29.8 Å². The molecule has 1 amide bonds. The summed E-state index contributed by atoms with van der Waals surface area (Å²) in [6.45, 7) is 2.77. The van der Waals surface area contributed by atoms with Crippen LogP contribution in [0.2, 0.25) is 0 Å². The Hall–Kier alpha value is -1.54. The van der Waals surface area contributed by atoms with Gasteiger partial charge in [-0.3, -0.25) is 4.79 Å². The van der Waals surface area contributed by atoms with E-state index < -0.39 is 20.5 Å². The van der Waals surface area contributed by atoms with Gasteiger partial charge in [0.2, 0.25) is 15.7 Å². The van der Waals surface area contributed by atoms with E-state index in [0.29, 0.717) is 18.7 Å². The quantitative estimate of drug-likeness (QED) is 0.885. The fourth-order valence-corrected chi connectivity index (χ4v) is 2.82. The Bertz CT molecular complexity index is 596. The number of nitrogens with zero attached hydrogens (tertiary/aromatic N) is 1. The Balaban J connectivity index is 2.04. The summed E-state index contributed by atoms with van der Waals surface area (Å²) in [5, 5.41) is 3.14. The maximum Gasteiger partial charge on any atom is 0.341 e. The van der Waals surface area contributed by atoms with Gasteiger partial charge in [0.15, 0.2) is 0 Å². The highest BCUT2D eigenvalue weighted by molar-refractivity contribution is 7.91. The molecule has 0 saturated carbocycles. The van der Waals surface area contributed by atoms with Gasteiger partial charge in [-0.15, -0.1) is 0 Å². The van der Waals surface area contributed by atoms with E-state index in [1.165, 1.54) is 12.1 Å². The molecule has 0 aliphatic carbocycles. The molecule has 8 heteroatoms. The van der Waals surface area contributed by atoms with Crippen LogP contribution >= 0.6 is 0 Å². The Morgan fingerprint density at radius 1 is 1.19 bits per heavy atom. The van der Waals surface area contributed by atoms with Crippen LogP contribution in [-0.4, -0.2) is 51.2 Å². The minimum Gasteiger partial charge on any atom is -0.340 e. The molecule has 1 N–H and O–H groups in total. The molecule has 1 saturated heterocycles. The van der Waals surface area contributed by atoms with Crippen molar-refractivity contribution in [3.63, 3.8) is 0 Å². The largest absolute Gasteiger partial charge is 0.341 e. The zero-order valence-corrected chi connectivity index (χ0v) is 12.1. The highest BCUT2D eigenvalue weighted by Gasteiger charge is 2.26. The number of alkyl halides is 2. The molecule has 1 aliphatic heterocycles. The summed E-state index contributed by atoms with van der Waals surface area (Å²) in [7, 11) is -4.58. The molecule has 0 atom stereocenters. The minimum absolute atomic E-state index is 0.0547. The summed E-state index contributed by atoms with van der Waals surface area (Å²) in [4.78, 5) is 13.3. The highest BCUT2D eigenvalue weighted by Crippen LogP contribution is 2.19. The van der Waals surface area contributed by atoms with Crippen LogP contribution < -0.4 is 5.32 Å². The number of piperazine rings is 1. The fourth-order valence-electron chi connectivity index (χ4n) is 2.10. The minimum atomic E-state index is -4.58. The lowest BCUT2D eigenvalue weighted by Crippen LogP contribution is -2.46. The third kappa shape index (κ3) is 3.76. The Morgan fingerprint density at radius 2 is 1.76 bits per heavy atom. The summed E-state index contributed by atoms with van der Waals surface area (Å²) in [5.74, 6) is -3.49. The summed E-state index contributed by atoms with van der Waals surface area (Å²) in [5.41, 5.74) is 0.603. The number of rotatable bonds is 4. The molecule has 0 bridgehead atoms. The number of amides is 1. The first-order valence-corrected chi connectivity index (χ1v) is 8.05. The van der Waals surface area contributed by atoms with Crippen molar-refractivity contribution in [2.75, 3.05) is 26.2 Å². The molecule has 0 radical (unpaired) electrons. The summed E-state index contributed by atoms with van der Waals surface area (Å²) in [6, 6.07) is 5.02. The van der Waals surface area contributed by atoms with E-state index in [0.717, 1.165) is 25.2 Å². The molecule has 0 unspecified atom stereocenters. The molecule has 1 fully saturated rings. The van der Waals surface area contributed by atoms with Crippen LogP contribution in [-0.2, 0) is 21.1 Å². The second-order valence-corrected chi connectivity index (χ2v) is 6.67. The number of carbonyl (C=O) groups is 1. The van der Waals surface area contributed by atoms with Gasteiger partial charge in [0.25, 0.3) is 0 Å². The molecule has 1 aromatic rings. The number of hydrogen-bond donors (Lipinski definition) is 1. The topological polar surface area (TPSA) is 66.5 Å². The normalized spacial score (nSPS) is 16.2. The first kappa shape index (κ1) is 15.8. The lowest BCUT2D eigenvalue weighted by atomic mass is 10.1. The van der Waals surface area contributed by atoms with E-state index >= 15 is 0 Å².